The van der Waals surface area contributed by atoms with Gasteiger partial charge in [-0.15, -0.1) is 11.3 Å². The second-order valence-electron chi connectivity index (χ2n) is 16.1. The van der Waals surface area contributed by atoms with E-state index in [2.05, 4.69) is 191 Å². The number of thiophene rings is 1. The Morgan fingerprint density at radius 1 is 0.525 bits per heavy atom. The number of benzene rings is 8. The van der Waals surface area contributed by atoms with E-state index in [0.29, 0.717) is 0 Å². The molecule has 0 radical (unpaired) electrons. The van der Waals surface area contributed by atoms with E-state index >= 15 is 0 Å². The summed E-state index contributed by atoms with van der Waals surface area (Å²) in [5.74, 6) is 1.01. The molecule has 0 N–H and O–H groups in total. The zero-order chi connectivity index (χ0) is 38.3. The predicted molar refractivity (Wildman–Crippen MR) is 247 cm³/mol. The monoisotopic (exact) mass is 768 g/mol. The third-order valence-electron chi connectivity index (χ3n) is 13.1. The Hall–Kier alpha value is -7.34. The quantitative estimate of drug-likeness (QED) is 0.164. The SMILES string of the molecule is C1=CC2c3cc4c(cc3N3c5ccccc5-c5ccccc5C(=C1)C23)c1ccccc1n4-c1nc2ccc3ccccc3c2nc1-c1ccc2c(c1)sc1ccccc12. The Morgan fingerprint density at radius 3 is 2.22 bits per heavy atom. The van der Waals surface area contributed by atoms with Gasteiger partial charge >= 0.3 is 0 Å². The van der Waals surface area contributed by atoms with Gasteiger partial charge in [0.05, 0.1) is 28.1 Å². The molecule has 59 heavy (non-hydrogen) atoms. The van der Waals surface area contributed by atoms with Gasteiger partial charge in [0.1, 0.15) is 5.69 Å². The van der Waals surface area contributed by atoms with Crippen molar-refractivity contribution in [3.63, 3.8) is 0 Å². The van der Waals surface area contributed by atoms with Crippen LogP contribution in [0.2, 0.25) is 0 Å². The number of hydrogen-bond acceptors (Lipinski definition) is 4. The second kappa shape index (κ2) is 11.6. The Morgan fingerprint density at radius 2 is 1.29 bits per heavy atom. The van der Waals surface area contributed by atoms with E-state index in [0.717, 1.165) is 49.9 Å². The van der Waals surface area contributed by atoms with E-state index in [1.165, 1.54) is 70.1 Å². The molecule has 14 rings (SSSR count). The molecule has 2 unspecified atom stereocenters. The number of aromatic nitrogens is 3. The van der Waals surface area contributed by atoms with Crippen LogP contribution in [0.25, 0.3) is 97.6 Å². The van der Waals surface area contributed by atoms with Crippen LogP contribution in [0.1, 0.15) is 17.0 Å². The van der Waals surface area contributed by atoms with Crippen molar-refractivity contribution < 1.29 is 0 Å². The zero-order valence-corrected chi connectivity index (χ0v) is 32.5. The standard InChI is InChI=1S/C54H32N4S/c1-2-13-33-31(12-1)25-27-44-52(33)56-51(32-24-26-39-38-18-7-10-23-49(38)59-50(39)28-32)54(55-44)58-46-22-9-6-17-37(46)42-29-47-43(30-48(42)58)41-20-11-19-40-35-15-4-3-14-34(35)36-16-5-8-21-45(36)57(47)53(40)41/h1-30,41,53H. The minimum Gasteiger partial charge on any atom is -0.332 e. The molecular formula is C54H32N4S. The first-order valence-corrected chi connectivity index (χ1v) is 21.1. The molecule has 5 heteroatoms. The molecule has 0 fully saturated rings. The van der Waals surface area contributed by atoms with Crippen molar-refractivity contribution in [3.05, 3.63) is 193 Å². The van der Waals surface area contributed by atoms with E-state index in [9.17, 15) is 0 Å². The zero-order valence-electron chi connectivity index (χ0n) is 31.7. The van der Waals surface area contributed by atoms with Gasteiger partial charge in [-0.3, -0.25) is 4.57 Å². The number of nitrogens with zero attached hydrogens (tertiary/aromatic N) is 4. The molecule has 4 nitrogen and oxygen atoms in total. The highest BCUT2D eigenvalue weighted by Crippen LogP contribution is 2.58. The molecule has 274 valence electrons. The maximum absolute atomic E-state index is 5.64. The lowest BCUT2D eigenvalue weighted by atomic mass is 9.82. The molecule has 5 heterocycles. The van der Waals surface area contributed by atoms with Crippen LogP contribution in [-0.4, -0.2) is 20.6 Å². The fourth-order valence-electron chi connectivity index (χ4n) is 10.5. The van der Waals surface area contributed by atoms with Crippen molar-refractivity contribution in [3.8, 4) is 28.2 Å². The van der Waals surface area contributed by atoms with Gasteiger partial charge in [-0.2, -0.15) is 0 Å². The number of hydrogen-bond donors (Lipinski definition) is 0. The molecule has 0 saturated heterocycles. The summed E-state index contributed by atoms with van der Waals surface area (Å²) in [6.45, 7) is 0. The molecule has 1 aliphatic carbocycles. The summed E-state index contributed by atoms with van der Waals surface area (Å²) < 4.78 is 4.93. The lowest BCUT2D eigenvalue weighted by Gasteiger charge is -2.32. The molecule has 2 atom stereocenters. The molecular weight excluding hydrogens is 737 g/mol. The van der Waals surface area contributed by atoms with Gasteiger partial charge in [-0.1, -0.05) is 140 Å². The van der Waals surface area contributed by atoms with Gasteiger partial charge in [0, 0.05) is 64.8 Å². The summed E-state index contributed by atoms with van der Waals surface area (Å²) in [5.41, 5.74) is 15.1. The second-order valence-corrected chi connectivity index (χ2v) is 17.1. The first kappa shape index (κ1) is 31.7. The highest BCUT2D eigenvalue weighted by molar-refractivity contribution is 7.25. The topological polar surface area (TPSA) is 34.0 Å². The van der Waals surface area contributed by atoms with Crippen molar-refractivity contribution in [2.45, 2.75) is 12.0 Å². The highest BCUT2D eigenvalue weighted by Gasteiger charge is 2.45. The van der Waals surface area contributed by atoms with Gasteiger partial charge in [0.2, 0.25) is 0 Å². The fourth-order valence-corrected chi connectivity index (χ4v) is 11.7. The van der Waals surface area contributed by atoms with Crippen molar-refractivity contribution >= 4 is 92.1 Å². The number of rotatable bonds is 2. The molecule has 0 spiro atoms. The van der Waals surface area contributed by atoms with Crippen molar-refractivity contribution in [1.82, 2.24) is 14.5 Å². The Balaban J connectivity index is 1.07. The summed E-state index contributed by atoms with van der Waals surface area (Å²) in [4.78, 5) is 13.9. The van der Waals surface area contributed by atoms with Gasteiger partial charge in [0.15, 0.2) is 5.82 Å². The average Bonchev–Trinajstić information content (AvgIpc) is 3.91. The number of fused-ring (bicyclic) bond motifs is 17. The molecule has 3 aromatic heterocycles. The Bertz CT molecular complexity index is 3720. The van der Waals surface area contributed by atoms with E-state index in [4.69, 9.17) is 9.97 Å². The van der Waals surface area contributed by atoms with Crippen LogP contribution in [0.5, 0.6) is 0 Å². The maximum atomic E-state index is 5.64. The van der Waals surface area contributed by atoms with Gasteiger partial charge < -0.3 is 4.90 Å². The third kappa shape index (κ3) is 4.27. The predicted octanol–water partition coefficient (Wildman–Crippen LogP) is 14.2. The minimum atomic E-state index is 0.142. The molecule has 2 aliphatic heterocycles. The van der Waals surface area contributed by atoms with Gasteiger partial charge in [0.25, 0.3) is 0 Å². The van der Waals surface area contributed by atoms with Crippen LogP contribution in [0.3, 0.4) is 0 Å². The summed E-state index contributed by atoms with van der Waals surface area (Å²) in [6, 6.07) is 60.2. The van der Waals surface area contributed by atoms with E-state index in [-0.39, 0.29) is 12.0 Å². The van der Waals surface area contributed by atoms with Crippen LogP contribution in [-0.2, 0) is 0 Å². The lowest BCUT2D eigenvalue weighted by Crippen LogP contribution is -2.31. The molecule has 8 aromatic carbocycles. The minimum absolute atomic E-state index is 0.142. The molecule has 3 aliphatic rings. The van der Waals surface area contributed by atoms with Gasteiger partial charge in [-0.05, 0) is 70.1 Å². The summed E-state index contributed by atoms with van der Waals surface area (Å²) in [6.07, 6.45) is 7.03. The van der Waals surface area contributed by atoms with Crippen molar-refractivity contribution in [1.29, 1.82) is 0 Å². The largest absolute Gasteiger partial charge is 0.332 e. The fraction of sp³-hybridized carbons (Fsp3) is 0.0370. The summed E-state index contributed by atoms with van der Waals surface area (Å²) >= 11 is 1.84. The van der Waals surface area contributed by atoms with Crippen LogP contribution < -0.4 is 4.90 Å². The normalized spacial score (nSPS) is 16.5. The smallest absolute Gasteiger partial charge is 0.165 e. The number of allylic oxidation sites excluding steroid dienone is 2. The van der Waals surface area contributed by atoms with Crippen molar-refractivity contribution in [2.75, 3.05) is 4.90 Å². The van der Waals surface area contributed by atoms with Crippen molar-refractivity contribution in [2.24, 2.45) is 0 Å². The lowest BCUT2D eigenvalue weighted by molar-refractivity contribution is 0.764. The first-order valence-electron chi connectivity index (χ1n) is 20.3. The number of para-hydroxylation sites is 2. The first-order chi connectivity index (χ1) is 29.3. The van der Waals surface area contributed by atoms with Gasteiger partial charge in [-0.25, -0.2) is 9.97 Å². The summed E-state index contributed by atoms with van der Waals surface area (Å²) in [7, 11) is 0. The Labute approximate surface area is 343 Å². The molecule has 0 amide bonds. The van der Waals surface area contributed by atoms with Crippen LogP contribution >= 0.6 is 11.3 Å². The highest BCUT2D eigenvalue weighted by atomic mass is 32.1. The van der Waals surface area contributed by atoms with Crippen LogP contribution in [0, 0.1) is 0 Å². The van der Waals surface area contributed by atoms with E-state index in [1.54, 1.807) is 0 Å². The molecule has 11 aromatic rings. The van der Waals surface area contributed by atoms with E-state index < -0.39 is 0 Å². The molecule has 0 saturated carbocycles. The summed E-state index contributed by atoms with van der Waals surface area (Å²) in [5, 5.41) is 7.23. The third-order valence-corrected chi connectivity index (χ3v) is 14.2. The van der Waals surface area contributed by atoms with E-state index in [1.807, 2.05) is 11.3 Å². The average molecular weight is 769 g/mol. The Kier molecular flexibility index (Phi) is 6.25. The number of anilines is 2. The maximum Gasteiger partial charge on any atom is 0.165 e. The molecule has 0 bridgehead atoms. The van der Waals surface area contributed by atoms with Crippen LogP contribution in [0.4, 0.5) is 11.4 Å². The van der Waals surface area contributed by atoms with Crippen LogP contribution in [0.15, 0.2) is 182 Å².